The smallest absolute Gasteiger partial charge is 0.0940 e. The highest BCUT2D eigenvalue weighted by atomic mass is 16.3. The third-order valence-electron chi connectivity index (χ3n) is 3.11. The number of aliphatic hydroxyl groups is 1. The summed E-state index contributed by atoms with van der Waals surface area (Å²) in [6, 6.07) is 14.4. The number of nitrogens with one attached hydrogen (secondary N) is 1. The zero-order valence-electron chi connectivity index (χ0n) is 10.4. The molecule has 2 nitrogen and oxygen atoms in total. The highest BCUT2D eigenvalue weighted by Crippen LogP contribution is 2.22. The maximum atomic E-state index is 10.2. The van der Waals surface area contributed by atoms with Gasteiger partial charge < -0.3 is 10.4 Å². The molecule has 2 unspecified atom stereocenters. The fourth-order valence-electron chi connectivity index (χ4n) is 2.11. The largest absolute Gasteiger partial charge is 0.387 e. The Balaban J connectivity index is 2.29. The highest BCUT2D eigenvalue weighted by Gasteiger charge is 2.15. The van der Waals surface area contributed by atoms with E-state index < -0.39 is 6.10 Å². The SMILES string of the molecule is CCNC(C)C(O)c1ccc2ccccc2c1. The lowest BCUT2D eigenvalue weighted by Crippen LogP contribution is -2.31. The van der Waals surface area contributed by atoms with E-state index in [2.05, 4.69) is 29.6 Å². The monoisotopic (exact) mass is 229 g/mol. The van der Waals surface area contributed by atoms with Crippen LogP contribution in [0.15, 0.2) is 42.5 Å². The van der Waals surface area contributed by atoms with Crippen LogP contribution >= 0.6 is 0 Å². The Labute approximate surface area is 102 Å². The van der Waals surface area contributed by atoms with Gasteiger partial charge in [-0.25, -0.2) is 0 Å². The zero-order chi connectivity index (χ0) is 12.3. The van der Waals surface area contributed by atoms with Gasteiger partial charge in [0, 0.05) is 6.04 Å². The molecule has 0 radical (unpaired) electrons. The summed E-state index contributed by atoms with van der Waals surface area (Å²) in [6.45, 7) is 4.92. The van der Waals surface area contributed by atoms with Crippen LogP contribution in [0, 0.1) is 0 Å². The predicted molar refractivity (Wildman–Crippen MR) is 72.0 cm³/mol. The van der Waals surface area contributed by atoms with E-state index >= 15 is 0 Å². The van der Waals surface area contributed by atoms with Gasteiger partial charge in [0.25, 0.3) is 0 Å². The molecule has 0 heterocycles. The van der Waals surface area contributed by atoms with Crippen molar-refractivity contribution >= 4 is 10.8 Å². The molecule has 0 spiro atoms. The average molecular weight is 229 g/mol. The van der Waals surface area contributed by atoms with Crippen molar-refractivity contribution in [2.24, 2.45) is 0 Å². The molecule has 0 aliphatic carbocycles. The first-order chi connectivity index (χ1) is 8.22. The van der Waals surface area contributed by atoms with Crippen LogP contribution in [0.3, 0.4) is 0 Å². The molecule has 2 N–H and O–H groups in total. The molecule has 2 rings (SSSR count). The summed E-state index contributed by atoms with van der Waals surface area (Å²) in [5.74, 6) is 0. The Hall–Kier alpha value is -1.38. The average Bonchev–Trinajstić information content (AvgIpc) is 2.37. The lowest BCUT2D eigenvalue weighted by atomic mass is 10.00. The topological polar surface area (TPSA) is 32.3 Å². The van der Waals surface area contributed by atoms with E-state index in [-0.39, 0.29) is 6.04 Å². The summed E-state index contributed by atoms with van der Waals surface area (Å²) in [5, 5.41) is 15.8. The van der Waals surface area contributed by atoms with Gasteiger partial charge in [0.05, 0.1) is 6.10 Å². The number of aliphatic hydroxyl groups excluding tert-OH is 1. The van der Waals surface area contributed by atoms with Crippen LogP contribution in [0.5, 0.6) is 0 Å². The summed E-state index contributed by atoms with van der Waals surface area (Å²) in [7, 11) is 0. The third-order valence-corrected chi connectivity index (χ3v) is 3.11. The number of benzene rings is 2. The third kappa shape index (κ3) is 2.65. The molecule has 2 aromatic rings. The molecule has 2 aromatic carbocycles. The van der Waals surface area contributed by atoms with Gasteiger partial charge in [0.15, 0.2) is 0 Å². The minimum absolute atomic E-state index is 0.0705. The van der Waals surface area contributed by atoms with Gasteiger partial charge in [-0.05, 0) is 35.9 Å². The van der Waals surface area contributed by atoms with Crippen LogP contribution in [-0.4, -0.2) is 17.7 Å². The van der Waals surface area contributed by atoms with Crippen molar-refractivity contribution in [3.8, 4) is 0 Å². The number of hydrogen-bond acceptors (Lipinski definition) is 2. The Morgan fingerprint density at radius 1 is 1.12 bits per heavy atom. The first-order valence-corrected chi connectivity index (χ1v) is 6.12. The van der Waals surface area contributed by atoms with Crippen LogP contribution in [0.1, 0.15) is 25.5 Å². The molecular formula is C15H19NO. The Bertz CT molecular complexity index is 495. The normalized spacial score (nSPS) is 14.8. The lowest BCUT2D eigenvalue weighted by Gasteiger charge is -2.20. The Morgan fingerprint density at radius 2 is 1.82 bits per heavy atom. The fraction of sp³-hybridized carbons (Fsp3) is 0.333. The zero-order valence-corrected chi connectivity index (χ0v) is 10.4. The lowest BCUT2D eigenvalue weighted by molar-refractivity contribution is 0.137. The van der Waals surface area contributed by atoms with Crippen LogP contribution in [0.2, 0.25) is 0 Å². The van der Waals surface area contributed by atoms with E-state index in [1.54, 1.807) is 0 Å². The van der Waals surface area contributed by atoms with Crippen molar-refractivity contribution in [3.63, 3.8) is 0 Å². The van der Waals surface area contributed by atoms with E-state index in [1.165, 1.54) is 10.8 Å². The molecule has 0 aromatic heterocycles. The summed E-state index contributed by atoms with van der Waals surface area (Å²) in [6.07, 6.45) is -0.459. The summed E-state index contributed by atoms with van der Waals surface area (Å²) in [4.78, 5) is 0. The highest BCUT2D eigenvalue weighted by molar-refractivity contribution is 5.83. The molecule has 0 saturated carbocycles. The van der Waals surface area contributed by atoms with Gasteiger partial charge in [-0.1, -0.05) is 43.3 Å². The minimum atomic E-state index is -0.459. The Morgan fingerprint density at radius 3 is 2.53 bits per heavy atom. The standard InChI is InChI=1S/C15H19NO/c1-3-16-11(2)15(17)14-9-8-12-6-4-5-7-13(12)10-14/h4-11,15-17H,3H2,1-2H3. The van der Waals surface area contributed by atoms with Gasteiger partial charge in [-0.15, -0.1) is 0 Å². The molecule has 0 fully saturated rings. The molecule has 0 aliphatic rings. The number of fused-ring (bicyclic) bond motifs is 1. The second kappa shape index (κ2) is 5.30. The van der Waals surface area contributed by atoms with Crippen molar-refractivity contribution in [1.82, 2.24) is 5.32 Å². The molecule has 2 atom stereocenters. The van der Waals surface area contributed by atoms with Gasteiger partial charge >= 0.3 is 0 Å². The van der Waals surface area contributed by atoms with Crippen LogP contribution in [0.25, 0.3) is 10.8 Å². The maximum absolute atomic E-state index is 10.2. The predicted octanol–water partition coefficient (Wildman–Crippen LogP) is 2.87. The van der Waals surface area contributed by atoms with E-state index in [0.29, 0.717) is 0 Å². The van der Waals surface area contributed by atoms with Gasteiger partial charge in [0.1, 0.15) is 0 Å². The molecule has 0 amide bonds. The molecule has 2 heteroatoms. The van der Waals surface area contributed by atoms with Gasteiger partial charge in [-0.2, -0.15) is 0 Å². The van der Waals surface area contributed by atoms with E-state index in [1.807, 2.05) is 32.0 Å². The second-order valence-corrected chi connectivity index (χ2v) is 4.40. The first kappa shape index (κ1) is 12.1. The van der Waals surface area contributed by atoms with Crippen LogP contribution in [0.4, 0.5) is 0 Å². The van der Waals surface area contributed by atoms with Crippen molar-refractivity contribution in [2.75, 3.05) is 6.54 Å². The number of rotatable bonds is 4. The van der Waals surface area contributed by atoms with Crippen molar-refractivity contribution in [3.05, 3.63) is 48.0 Å². The van der Waals surface area contributed by atoms with E-state index in [4.69, 9.17) is 0 Å². The maximum Gasteiger partial charge on any atom is 0.0940 e. The molecular weight excluding hydrogens is 210 g/mol. The minimum Gasteiger partial charge on any atom is -0.387 e. The number of hydrogen-bond donors (Lipinski definition) is 2. The quantitative estimate of drug-likeness (QED) is 0.845. The van der Waals surface area contributed by atoms with Crippen molar-refractivity contribution < 1.29 is 5.11 Å². The molecule has 90 valence electrons. The first-order valence-electron chi connectivity index (χ1n) is 6.12. The van der Waals surface area contributed by atoms with Gasteiger partial charge in [-0.3, -0.25) is 0 Å². The van der Waals surface area contributed by atoms with Crippen molar-refractivity contribution in [1.29, 1.82) is 0 Å². The van der Waals surface area contributed by atoms with Gasteiger partial charge in [0.2, 0.25) is 0 Å². The molecule has 0 saturated heterocycles. The summed E-state index contributed by atoms with van der Waals surface area (Å²) >= 11 is 0. The second-order valence-electron chi connectivity index (χ2n) is 4.40. The number of likely N-dealkylation sites (N-methyl/N-ethyl adjacent to an activating group) is 1. The summed E-state index contributed by atoms with van der Waals surface area (Å²) < 4.78 is 0. The van der Waals surface area contributed by atoms with Crippen LogP contribution in [-0.2, 0) is 0 Å². The van der Waals surface area contributed by atoms with Crippen LogP contribution < -0.4 is 5.32 Å². The molecule has 0 bridgehead atoms. The molecule has 17 heavy (non-hydrogen) atoms. The summed E-state index contributed by atoms with van der Waals surface area (Å²) in [5.41, 5.74) is 0.970. The van der Waals surface area contributed by atoms with Crippen molar-refractivity contribution in [2.45, 2.75) is 26.0 Å². The Kier molecular flexibility index (Phi) is 3.77. The fourth-order valence-corrected chi connectivity index (χ4v) is 2.11. The van der Waals surface area contributed by atoms with E-state index in [9.17, 15) is 5.11 Å². The van der Waals surface area contributed by atoms with E-state index in [0.717, 1.165) is 12.1 Å². The molecule has 0 aliphatic heterocycles.